The zero-order valence-electron chi connectivity index (χ0n) is 33.3. The van der Waals surface area contributed by atoms with Crippen LogP contribution in [0, 0.1) is 11.8 Å². The summed E-state index contributed by atoms with van der Waals surface area (Å²) in [6.45, 7) is 22.5. The van der Waals surface area contributed by atoms with Gasteiger partial charge in [0.25, 0.3) is 0 Å². The molecule has 0 aromatic heterocycles. The molecule has 286 valence electrons. The zero-order valence-corrected chi connectivity index (χ0v) is 33.3. The number of benzene rings is 1. The third-order valence-corrected chi connectivity index (χ3v) is 12.0. The van der Waals surface area contributed by atoms with Crippen LogP contribution in [0.4, 0.5) is 0 Å². The Morgan fingerprint density at radius 1 is 1.02 bits per heavy atom. The van der Waals surface area contributed by atoms with Crippen molar-refractivity contribution in [2.24, 2.45) is 11.8 Å². The summed E-state index contributed by atoms with van der Waals surface area (Å²) in [5.41, 5.74) is -0.191. The van der Waals surface area contributed by atoms with Gasteiger partial charge in [0.05, 0.1) is 11.2 Å². The highest BCUT2D eigenvalue weighted by Crippen LogP contribution is 2.68. The van der Waals surface area contributed by atoms with Crippen molar-refractivity contribution in [3.63, 3.8) is 0 Å². The molecule has 3 aliphatic heterocycles. The first-order valence-electron chi connectivity index (χ1n) is 19.4. The molecular weight excluding hydrogens is 668 g/mol. The maximum atomic E-state index is 15.0. The van der Waals surface area contributed by atoms with Gasteiger partial charge in [-0.25, -0.2) is 0 Å². The Balaban J connectivity index is 1.50. The second kappa shape index (κ2) is 14.0. The molecule has 0 radical (unpaired) electrons. The van der Waals surface area contributed by atoms with Crippen LogP contribution >= 0.6 is 0 Å². The zero-order chi connectivity index (χ0) is 38.7. The summed E-state index contributed by atoms with van der Waals surface area (Å²) in [4.78, 5) is 45.2. The molecule has 3 heterocycles. The Morgan fingerprint density at radius 2 is 1.74 bits per heavy atom. The predicted molar refractivity (Wildman–Crippen MR) is 207 cm³/mol. The average Bonchev–Trinajstić information content (AvgIpc) is 3.25. The van der Waals surface area contributed by atoms with Crippen molar-refractivity contribution in [2.45, 2.75) is 124 Å². The van der Waals surface area contributed by atoms with Crippen LogP contribution in [-0.2, 0) is 20.7 Å². The number of fused-ring (bicyclic) bond motifs is 2. The van der Waals surface area contributed by atoms with Crippen molar-refractivity contribution in [2.75, 3.05) is 26.2 Å². The normalized spacial score (nSPS) is 28.6. The van der Waals surface area contributed by atoms with E-state index in [1.54, 1.807) is 24.0 Å². The van der Waals surface area contributed by atoms with Crippen LogP contribution in [0.3, 0.4) is 0 Å². The number of likely N-dealkylation sites (N-methyl/N-ethyl adjacent to an activating group) is 2. The van der Waals surface area contributed by atoms with Gasteiger partial charge in [0.1, 0.15) is 28.4 Å². The summed E-state index contributed by atoms with van der Waals surface area (Å²) >= 11 is 0. The lowest BCUT2D eigenvalue weighted by Gasteiger charge is -2.56. The van der Waals surface area contributed by atoms with Crippen LogP contribution in [0.1, 0.15) is 116 Å². The molecule has 2 fully saturated rings. The van der Waals surface area contributed by atoms with Gasteiger partial charge in [-0.3, -0.25) is 14.4 Å². The van der Waals surface area contributed by atoms with Crippen molar-refractivity contribution in [3.05, 3.63) is 69.4 Å². The van der Waals surface area contributed by atoms with E-state index in [9.17, 15) is 19.5 Å². The Morgan fingerprint density at radius 3 is 2.40 bits per heavy atom. The van der Waals surface area contributed by atoms with Crippen molar-refractivity contribution in [3.8, 4) is 17.2 Å². The molecule has 1 aromatic carbocycles. The monoisotopic (exact) mass is 726 g/mol. The number of hydrogen-bond acceptors (Lipinski definition) is 8. The Kier molecular flexibility index (Phi) is 10.3. The molecule has 6 aliphatic rings. The number of amides is 1. The lowest BCUT2D eigenvalue weighted by atomic mass is 9.51. The minimum absolute atomic E-state index is 0.0620. The highest BCUT2D eigenvalue weighted by atomic mass is 16.6. The number of ketones is 2. The van der Waals surface area contributed by atoms with Gasteiger partial charge in [-0.05, 0) is 107 Å². The van der Waals surface area contributed by atoms with Gasteiger partial charge >= 0.3 is 0 Å². The fourth-order valence-electron chi connectivity index (χ4n) is 9.22. The molecule has 5 unspecified atom stereocenters. The molecule has 1 amide bonds. The van der Waals surface area contributed by atoms with E-state index in [1.807, 2.05) is 60.6 Å². The Labute approximate surface area is 315 Å². The number of phenolic OH excluding ortho intramolecular Hbond substituents is 1. The lowest BCUT2D eigenvalue weighted by Crippen LogP contribution is -2.72. The molecule has 9 nitrogen and oxygen atoms in total. The highest BCUT2D eigenvalue weighted by Gasteiger charge is 2.81. The van der Waals surface area contributed by atoms with E-state index < -0.39 is 28.3 Å². The second-order valence-corrected chi connectivity index (χ2v) is 16.7. The average molecular weight is 727 g/mol. The van der Waals surface area contributed by atoms with E-state index in [2.05, 4.69) is 31.3 Å². The molecule has 1 aromatic rings. The molecule has 5 atom stereocenters. The lowest BCUT2D eigenvalue weighted by molar-refractivity contribution is -0.171. The first-order valence-corrected chi connectivity index (χ1v) is 19.4. The number of carbonyl (C=O) groups is 3. The van der Waals surface area contributed by atoms with Gasteiger partial charge in [-0.1, -0.05) is 42.4 Å². The number of hydrogen-bond donors (Lipinski definition) is 2. The van der Waals surface area contributed by atoms with Crippen molar-refractivity contribution >= 4 is 23.5 Å². The van der Waals surface area contributed by atoms with Crippen LogP contribution in [-0.4, -0.2) is 76.1 Å². The number of phenols is 1. The van der Waals surface area contributed by atoms with Gasteiger partial charge in [0, 0.05) is 54.6 Å². The standard InChI is InChI=1S/C44H58N2O7/c1-11-45-22-23-46(12-2)40(50)28(7)17-21-43-39(49)29-24-32-36(48)34-35(47)30-18-20-42(10,19-13-14-26(3)4)51-37(30)31(16-15-27(5)6)38(34)52-44(32,43)33(25-29)41(8,9)53-43/h14-15,17-18,20,24,29,33,45,47H,11-13,16,19,21-23,25H2,1-10H3. The highest BCUT2D eigenvalue weighted by molar-refractivity contribution is 6.19. The molecule has 1 spiro atoms. The second-order valence-electron chi connectivity index (χ2n) is 16.7. The van der Waals surface area contributed by atoms with Crippen LogP contribution < -0.4 is 14.8 Å². The van der Waals surface area contributed by atoms with Crippen LogP contribution in [0.2, 0.25) is 0 Å². The summed E-state index contributed by atoms with van der Waals surface area (Å²) < 4.78 is 21.1. The third kappa shape index (κ3) is 6.21. The number of rotatable bonds is 13. The summed E-state index contributed by atoms with van der Waals surface area (Å²) in [5, 5.41) is 15.2. The minimum Gasteiger partial charge on any atom is -0.506 e. The molecule has 1 saturated heterocycles. The largest absolute Gasteiger partial charge is 0.506 e. The van der Waals surface area contributed by atoms with E-state index in [0.29, 0.717) is 66.9 Å². The maximum absolute atomic E-state index is 15.0. The summed E-state index contributed by atoms with van der Waals surface area (Å²) in [5.74, 6) is -0.989. The first-order chi connectivity index (χ1) is 25.0. The van der Waals surface area contributed by atoms with Gasteiger partial charge in [-0.2, -0.15) is 0 Å². The maximum Gasteiger partial charge on any atom is 0.249 e. The van der Waals surface area contributed by atoms with Crippen molar-refractivity contribution < 1.29 is 33.7 Å². The smallest absolute Gasteiger partial charge is 0.249 e. The SMILES string of the molecule is CCNCCN(CC)C(=O)C(C)=CCC12OC(C)(C)C3CC(C=C4C(=O)c5c(O)c6c(c(CC=C(C)C)c5OC431)OC(C)(CCC=C(C)C)C=C6)C2=O. The Bertz CT molecular complexity index is 1870. The van der Waals surface area contributed by atoms with Crippen molar-refractivity contribution in [1.82, 2.24) is 10.2 Å². The molecule has 7 rings (SSSR count). The van der Waals surface area contributed by atoms with E-state index in [0.717, 1.165) is 18.5 Å². The van der Waals surface area contributed by atoms with Gasteiger partial charge in [0.15, 0.2) is 22.8 Å². The minimum atomic E-state index is -1.57. The predicted octanol–water partition coefficient (Wildman–Crippen LogP) is 7.61. The van der Waals surface area contributed by atoms with Gasteiger partial charge in [0.2, 0.25) is 5.91 Å². The Hall–Kier alpha value is -3.95. The topological polar surface area (TPSA) is 114 Å². The molecule has 4 bridgehead atoms. The molecule has 2 N–H and O–H groups in total. The van der Waals surface area contributed by atoms with E-state index in [1.165, 1.54) is 5.57 Å². The third-order valence-electron chi connectivity index (χ3n) is 12.0. The van der Waals surface area contributed by atoms with E-state index in [-0.39, 0.29) is 46.9 Å². The molecule has 9 heteroatoms. The van der Waals surface area contributed by atoms with Gasteiger partial charge in [-0.15, -0.1) is 0 Å². The number of ether oxygens (including phenoxy) is 3. The summed E-state index contributed by atoms with van der Waals surface area (Å²) in [7, 11) is 0. The first kappa shape index (κ1) is 38.8. The van der Waals surface area contributed by atoms with Gasteiger partial charge < -0.3 is 29.5 Å². The fourth-order valence-corrected chi connectivity index (χ4v) is 9.22. The number of carbonyl (C=O) groups excluding carboxylic acids is 3. The number of nitrogens with one attached hydrogen (secondary N) is 1. The van der Waals surface area contributed by atoms with Crippen LogP contribution in [0.25, 0.3) is 6.08 Å². The molecule has 1 saturated carbocycles. The number of aromatic hydroxyl groups is 1. The fraction of sp³-hybridized carbons (Fsp3) is 0.568. The van der Waals surface area contributed by atoms with Crippen LogP contribution in [0.5, 0.6) is 17.2 Å². The van der Waals surface area contributed by atoms with Crippen LogP contribution in [0.15, 0.2) is 52.7 Å². The number of nitrogens with zero attached hydrogens (tertiary/aromatic N) is 1. The molecule has 3 aliphatic carbocycles. The molecular formula is C44H58N2O7. The quantitative estimate of drug-likeness (QED) is 0.121. The molecule has 53 heavy (non-hydrogen) atoms. The number of Topliss-reactive ketones (excluding diaryl/α,β-unsaturated/α-hetero) is 2. The summed E-state index contributed by atoms with van der Waals surface area (Å²) in [6.07, 6.45) is 14.1. The number of allylic oxidation sites excluding steroid dienone is 5. The summed E-state index contributed by atoms with van der Waals surface area (Å²) in [6, 6.07) is 0. The van der Waals surface area contributed by atoms with E-state index >= 15 is 0 Å². The van der Waals surface area contributed by atoms with Crippen molar-refractivity contribution in [1.29, 1.82) is 0 Å². The van der Waals surface area contributed by atoms with E-state index in [4.69, 9.17) is 14.2 Å².